The molecule has 2 N–H and O–H groups in total. The van der Waals surface area contributed by atoms with Gasteiger partial charge in [0.05, 0.1) is 18.5 Å². The fourth-order valence-electron chi connectivity index (χ4n) is 3.36. The molecule has 0 radical (unpaired) electrons. The number of anilines is 1. The molecule has 2 aromatic carbocycles. The number of nitrogens with one attached hydrogen (secondary N) is 2. The molecule has 0 unspecified atom stereocenters. The van der Waals surface area contributed by atoms with Crippen LogP contribution < -0.4 is 15.4 Å². The lowest BCUT2D eigenvalue weighted by Crippen LogP contribution is -2.52. The van der Waals surface area contributed by atoms with Crippen molar-refractivity contribution in [1.82, 2.24) is 20.0 Å². The van der Waals surface area contributed by atoms with E-state index >= 15 is 0 Å². The van der Waals surface area contributed by atoms with Crippen LogP contribution in [0.5, 0.6) is 5.75 Å². The standard InChI is InChI=1S/C26H33N5O3/c1-18(2)30(25(33)28-26(3,4)5)17-24(32)27-23-16-22(19-10-8-7-9-11-19)29-31(23)20-12-14-21(34-6)15-13-20/h7-16,18H,17H2,1-6H3,(H,27,32)(H,28,33). The molecule has 180 valence electrons. The van der Waals surface area contributed by atoms with Crippen molar-refractivity contribution in [3.8, 4) is 22.7 Å². The van der Waals surface area contributed by atoms with Crippen LogP contribution in [-0.2, 0) is 4.79 Å². The van der Waals surface area contributed by atoms with Gasteiger partial charge in [-0.15, -0.1) is 0 Å². The van der Waals surface area contributed by atoms with Gasteiger partial charge in [0.1, 0.15) is 18.1 Å². The van der Waals surface area contributed by atoms with E-state index in [9.17, 15) is 9.59 Å². The van der Waals surface area contributed by atoms with Crippen molar-refractivity contribution < 1.29 is 14.3 Å². The number of amides is 3. The minimum absolute atomic E-state index is 0.0892. The molecule has 3 amide bonds. The van der Waals surface area contributed by atoms with E-state index in [0.29, 0.717) is 5.82 Å². The van der Waals surface area contributed by atoms with Crippen LogP contribution in [0.2, 0.25) is 0 Å². The summed E-state index contributed by atoms with van der Waals surface area (Å²) in [7, 11) is 1.61. The highest BCUT2D eigenvalue weighted by Crippen LogP contribution is 2.26. The third-order valence-corrected chi connectivity index (χ3v) is 5.04. The van der Waals surface area contributed by atoms with E-state index in [1.807, 2.05) is 95.3 Å². The van der Waals surface area contributed by atoms with E-state index in [1.165, 1.54) is 4.90 Å². The van der Waals surface area contributed by atoms with Crippen LogP contribution in [0, 0.1) is 0 Å². The number of ether oxygens (including phenoxy) is 1. The van der Waals surface area contributed by atoms with Crippen molar-refractivity contribution in [1.29, 1.82) is 0 Å². The second-order valence-corrected chi connectivity index (χ2v) is 9.34. The Morgan fingerprint density at radius 3 is 2.26 bits per heavy atom. The maximum Gasteiger partial charge on any atom is 0.318 e. The normalized spacial score (nSPS) is 11.3. The first-order valence-electron chi connectivity index (χ1n) is 11.3. The Labute approximate surface area is 200 Å². The molecule has 0 saturated heterocycles. The number of hydrogen-bond donors (Lipinski definition) is 2. The Morgan fingerprint density at radius 2 is 1.71 bits per heavy atom. The van der Waals surface area contributed by atoms with E-state index in [4.69, 9.17) is 9.84 Å². The lowest BCUT2D eigenvalue weighted by Gasteiger charge is -2.30. The first-order valence-corrected chi connectivity index (χ1v) is 11.3. The van der Waals surface area contributed by atoms with E-state index in [-0.39, 0.29) is 24.5 Å². The number of carbonyl (C=O) groups is 2. The molecule has 0 saturated carbocycles. The van der Waals surface area contributed by atoms with Gasteiger partial charge in [-0.25, -0.2) is 9.48 Å². The number of hydrogen-bond acceptors (Lipinski definition) is 4. The molecular weight excluding hydrogens is 430 g/mol. The Bertz CT molecular complexity index is 1120. The zero-order valence-electron chi connectivity index (χ0n) is 20.6. The zero-order valence-corrected chi connectivity index (χ0v) is 20.6. The highest BCUT2D eigenvalue weighted by atomic mass is 16.5. The topological polar surface area (TPSA) is 88.5 Å². The molecule has 8 nitrogen and oxygen atoms in total. The lowest BCUT2D eigenvalue weighted by atomic mass is 10.1. The number of benzene rings is 2. The van der Waals surface area contributed by atoms with E-state index in [2.05, 4.69) is 10.6 Å². The fourth-order valence-corrected chi connectivity index (χ4v) is 3.36. The third-order valence-electron chi connectivity index (χ3n) is 5.04. The first kappa shape index (κ1) is 24.8. The van der Waals surface area contributed by atoms with Crippen molar-refractivity contribution in [3.63, 3.8) is 0 Å². The van der Waals surface area contributed by atoms with Gasteiger partial charge in [-0.3, -0.25) is 4.79 Å². The van der Waals surface area contributed by atoms with Gasteiger partial charge in [-0.2, -0.15) is 5.10 Å². The van der Waals surface area contributed by atoms with Gasteiger partial charge in [0, 0.05) is 23.2 Å². The molecule has 0 spiro atoms. The minimum atomic E-state index is -0.404. The van der Waals surface area contributed by atoms with Crippen LogP contribution in [0.1, 0.15) is 34.6 Å². The molecule has 0 fully saturated rings. The number of urea groups is 1. The molecule has 0 aliphatic rings. The van der Waals surface area contributed by atoms with E-state index < -0.39 is 5.54 Å². The van der Waals surface area contributed by atoms with Gasteiger partial charge in [0.25, 0.3) is 0 Å². The SMILES string of the molecule is COc1ccc(-n2nc(-c3ccccc3)cc2NC(=O)CN(C(=O)NC(C)(C)C)C(C)C)cc1. The summed E-state index contributed by atoms with van der Waals surface area (Å²) in [4.78, 5) is 27.3. The van der Waals surface area contributed by atoms with Crippen LogP contribution >= 0.6 is 0 Å². The largest absolute Gasteiger partial charge is 0.497 e. The second-order valence-electron chi connectivity index (χ2n) is 9.34. The van der Waals surface area contributed by atoms with E-state index in [1.54, 1.807) is 11.8 Å². The average molecular weight is 464 g/mol. The predicted octanol–water partition coefficient (Wildman–Crippen LogP) is 4.70. The van der Waals surface area contributed by atoms with Crippen LogP contribution in [-0.4, -0.2) is 51.9 Å². The van der Waals surface area contributed by atoms with Crippen molar-refractivity contribution >= 4 is 17.8 Å². The van der Waals surface area contributed by atoms with Crippen molar-refractivity contribution in [3.05, 3.63) is 60.7 Å². The molecule has 8 heteroatoms. The summed E-state index contributed by atoms with van der Waals surface area (Å²) >= 11 is 0. The number of methoxy groups -OCH3 is 1. The summed E-state index contributed by atoms with van der Waals surface area (Å²) in [6.45, 7) is 9.38. The van der Waals surface area contributed by atoms with Crippen molar-refractivity contribution in [2.75, 3.05) is 19.0 Å². The highest BCUT2D eigenvalue weighted by Gasteiger charge is 2.24. The monoisotopic (exact) mass is 463 g/mol. The van der Waals surface area contributed by atoms with Gasteiger partial charge in [-0.05, 0) is 58.9 Å². The number of nitrogens with zero attached hydrogens (tertiary/aromatic N) is 3. The molecule has 1 aromatic heterocycles. The minimum Gasteiger partial charge on any atom is -0.497 e. The molecular formula is C26H33N5O3. The molecule has 0 atom stereocenters. The van der Waals surface area contributed by atoms with Gasteiger partial charge in [0.2, 0.25) is 5.91 Å². The van der Waals surface area contributed by atoms with Crippen LogP contribution in [0.25, 0.3) is 16.9 Å². The first-order chi connectivity index (χ1) is 16.1. The summed E-state index contributed by atoms with van der Waals surface area (Å²) in [5.74, 6) is 0.920. The number of aromatic nitrogens is 2. The highest BCUT2D eigenvalue weighted by molar-refractivity contribution is 5.94. The van der Waals surface area contributed by atoms with Gasteiger partial charge in [0.15, 0.2) is 0 Å². The van der Waals surface area contributed by atoms with Crippen molar-refractivity contribution in [2.24, 2.45) is 0 Å². The van der Waals surface area contributed by atoms with Gasteiger partial charge in [-0.1, -0.05) is 30.3 Å². The maximum atomic E-state index is 13.0. The molecule has 0 bridgehead atoms. The molecule has 0 aliphatic carbocycles. The Hall–Kier alpha value is -3.81. The molecule has 0 aliphatic heterocycles. The van der Waals surface area contributed by atoms with Gasteiger partial charge < -0.3 is 20.3 Å². The zero-order chi connectivity index (χ0) is 24.9. The van der Waals surface area contributed by atoms with Crippen LogP contribution in [0.3, 0.4) is 0 Å². The quantitative estimate of drug-likeness (QED) is 0.531. The van der Waals surface area contributed by atoms with E-state index in [0.717, 1.165) is 22.7 Å². The van der Waals surface area contributed by atoms with Crippen LogP contribution in [0.15, 0.2) is 60.7 Å². The second kappa shape index (κ2) is 10.4. The maximum absolute atomic E-state index is 13.0. The molecule has 34 heavy (non-hydrogen) atoms. The predicted molar refractivity (Wildman–Crippen MR) is 134 cm³/mol. The van der Waals surface area contributed by atoms with Crippen LogP contribution in [0.4, 0.5) is 10.6 Å². The summed E-state index contributed by atoms with van der Waals surface area (Å²) in [5, 5.41) is 10.6. The van der Waals surface area contributed by atoms with Crippen molar-refractivity contribution in [2.45, 2.75) is 46.2 Å². The smallest absolute Gasteiger partial charge is 0.318 e. The lowest BCUT2D eigenvalue weighted by molar-refractivity contribution is -0.117. The summed E-state index contributed by atoms with van der Waals surface area (Å²) in [6, 6.07) is 18.5. The fraction of sp³-hybridized carbons (Fsp3) is 0.346. The molecule has 1 heterocycles. The molecule has 3 aromatic rings. The number of carbonyl (C=O) groups excluding carboxylic acids is 2. The van der Waals surface area contributed by atoms with Gasteiger partial charge >= 0.3 is 6.03 Å². The molecule has 3 rings (SSSR count). The average Bonchev–Trinajstić information content (AvgIpc) is 3.20. The Balaban J connectivity index is 1.88. The Kier molecular flexibility index (Phi) is 7.61. The summed E-state index contributed by atoms with van der Waals surface area (Å²) in [6.07, 6.45) is 0. The number of rotatable bonds is 7. The third kappa shape index (κ3) is 6.37. The Morgan fingerprint density at radius 1 is 1.06 bits per heavy atom. The summed E-state index contributed by atoms with van der Waals surface area (Å²) < 4.78 is 6.93. The summed E-state index contributed by atoms with van der Waals surface area (Å²) in [5.41, 5.74) is 2.01.